The fourth-order valence-electron chi connectivity index (χ4n) is 2.59. The van der Waals surface area contributed by atoms with Crippen LogP contribution in [0.5, 0.6) is 0 Å². The van der Waals surface area contributed by atoms with Crippen molar-refractivity contribution < 1.29 is 24.0 Å². The molecule has 0 radical (unpaired) electrons. The van der Waals surface area contributed by atoms with Crippen molar-refractivity contribution in [2.24, 2.45) is 0 Å². The first-order valence-electron chi connectivity index (χ1n) is 8.48. The van der Waals surface area contributed by atoms with Gasteiger partial charge in [-0.3, -0.25) is 19.7 Å². The summed E-state index contributed by atoms with van der Waals surface area (Å²) in [4.78, 5) is 47.7. The highest BCUT2D eigenvalue weighted by Crippen LogP contribution is 2.35. The number of nitro benzene ring substituents is 1. The lowest BCUT2D eigenvalue weighted by atomic mass is 10.2. The Balaban J connectivity index is 1.55. The number of likely N-dealkylation sites (tertiary alicyclic amines) is 1. The molecule has 2 aromatic rings. The van der Waals surface area contributed by atoms with Crippen LogP contribution in [0.4, 0.5) is 5.69 Å². The van der Waals surface area contributed by atoms with Gasteiger partial charge in [-0.15, -0.1) is 0 Å². The van der Waals surface area contributed by atoms with Crippen LogP contribution in [0.3, 0.4) is 0 Å². The monoisotopic (exact) mass is 434 g/mol. The standard InChI is InChI=1S/C19H15ClN2O6S/c20-17(18(24)28-11-12-6-8-14(9-7-12)22(26)27)21-15(23)10-16(21)29-19(25)13-4-2-1-3-5-13/h1-9,16-17H,10-11H2. The number of hydrogen-bond donors (Lipinski definition) is 0. The van der Waals surface area contributed by atoms with E-state index in [1.165, 1.54) is 24.3 Å². The molecule has 0 N–H and O–H groups in total. The van der Waals surface area contributed by atoms with Crippen LogP contribution in [0.2, 0.25) is 0 Å². The zero-order chi connectivity index (χ0) is 21.0. The number of hydrogen-bond acceptors (Lipinski definition) is 7. The molecular formula is C19H15ClN2O6S. The number of amides is 1. The van der Waals surface area contributed by atoms with Crippen molar-refractivity contribution >= 4 is 46.0 Å². The highest BCUT2D eigenvalue weighted by Gasteiger charge is 2.45. The Labute approximate surface area is 174 Å². The summed E-state index contributed by atoms with van der Waals surface area (Å²) >= 11 is 7.03. The second kappa shape index (κ2) is 9.06. The van der Waals surface area contributed by atoms with Crippen molar-refractivity contribution in [3.8, 4) is 0 Å². The minimum Gasteiger partial charge on any atom is -0.458 e. The molecule has 1 aliphatic heterocycles. The first-order chi connectivity index (χ1) is 13.9. The molecule has 1 heterocycles. The molecule has 8 nitrogen and oxygen atoms in total. The number of benzene rings is 2. The number of alkyl halides is 1. The molecule has 1 amide bonds. The van der Waals surface area contributed by atoms with E-state index >= 15 is 0 Å². The van der Waals surface area contributed by atoms with Gasteiger partial charge in [-0.2, -0.15) is 0 Å². The summed E-state index contributed by atoms with van der Waals surface area (Å²) in [6.07, 6.45) is 0.0993. The van der Waals surface area contributed by atoms with Gasteiger partial charge in [-0.1, -0.05) is 53.7 Å². The lowest BCUT2D eigenvalue weighted by Crippen LogP contribution is -2.57. The van der Waals surface area contributed by atoms with E-state index in [0.29, 0.717) is 11.1 Å². The van der Waals surface area contributed by atoms with Crippen molar-refractivity contribution in [3.05, 3.63) is 75.8 Å². The summed E-state index contributed by atoms with van der Waals surface area (Å²) in [7, 11) is 0. The van der Waals surface area contributed by atoms with Gasteiger partial charge >= 0.3 is 5.97 Å². The summed E-state index contributed by atoms with van der Waals surface area (Å²) in [5.41, 5.74) is -0.420. The number of rotatable bonds is 7. The third-order valence-electron chi connectivity index (χ3n) is 4.17. The molecule has 2 aromatic carbocycles. The number of esters is 1. The van der Waals surface area contributed by atoms with Gasteiger partial charge < -0.3 is 9.64 Å². The van der Waals surface area contributed by atoms with Gasteiger partial charge in [0.2, 0.25) is 16.5 Å². The van der Waals surface area contributed by atoms with Gasteiger partial charge in [0.25, 0.3) is 5.69 Å². The average Bonchev–Trinajstić information content (AvgIpc) is 2.72. The van der Waals surface area contributed by atoms with E-state index in [1.54, 1.807) is 30.3 Å². The SMILES string of the molecule is O=C(SC1CC(=O)N1C(Cl)C(=O)OCc1ccc([N+](=O)[O-])cc1)c1ccccc1. The van der Waals surface area contributed by atoms with Crippen molar-refractivity contribution in [1.82, 2.24) is 4.90 Å². The molecule has 1 aliphatic rings. The van der Waals surface area contributed by atoms with Crippen LogP contribution >= 0.6 is 23.4 Å². The average molecular weight is 435 g/mol. The fourth-order valence-corrected chi connectivity index (χ4v) is 4.06. The molecule has 29 heavy (non-hydrogen) atoms. The molecule has 2 atom stereocenters. The molecule has 0 aromatic heterocycles. The lowest BCUT2D eigenvalue weighted by molar-refractivity contribution is -0.384. The first kappa shape index (κ1) is 20.8. The number of carbonyl (C=O) groups is 3. The van der Waals surface area contributed by atoms with Crippen LogP contribution in [-0.4, -0.2) is 37.7 Å². The Morgan fingerprint density at radius 3 is 2.45 bits per heavy atom. The Kier molecular flexibility index (Phi) is 6.50. The molecular weight excluding hydrogens is 420 g/mol. The predicted octanol–water partition coefficient (Wildman–Crippen LogP) is 3.33. The molecule has 10 heteroatoms. The van der Waals surface area contributed by atoms with Crippen LogP contribution in [0.25, 0.3) is 0 Å². The molecule has 2 unspecified atom stereocenters. The topological polar surface area (TPSA) is 107 Å². The summed E-state index contributed by atoms with van der Waals surface area (Å²) in [6, 6.07) is 14.1. The molecule has 3 rings (SSSR count). The van der Waals surface area contributed by atoms with Gasteiger partial charge in [0.05, 0.1) is 16.7 Å². The smallest absolute Gasteiger partial charge is 0.345 e. The number of thioether (sulfide) groups is 1. The number of β-lactam (4-membered cyclic amide) rings is 1. The maximum Gasteiger partial charge on any atom is 0.345 e. The van der Waals surface area contributed by atoms with Gasteiger partial charge in [-0.25, -0.2) is 4.79 Å². The molecule has 0 bridgehead atoms. The second-order valence-corrected chi connectivity index (χ2v) is 7.66. The minimum atomic E-state index is -1.37. The van der Waals surface area contributed by atoms with Crippen LogP contribution in [0, 0.1) is 10.1 Å². The number of nitrogens with zero attached hydrogens (tertiary/aromatic N) is 2. The molecule has 0 spiro atoms. The zero-order valence-electron chi connectivity index (χ0n) is 14.9. The second-order valence-electron chi connectivity index (χ2n) is 6.10. The lowest BCUT2D eigenvalue weighted by Gasteiger charge is -2.41. The van der Waals surface area contributed by atoms with Crippen LogP contribution in [-0.2, 0) is 20.9 Å². The fraction of sp³-hybridized carbons (Fsp3) is 0.211. The quantitative estimate of drug-likeness (QED) is 0.164. The van der Waals surface area contributed by atoms with Gasteiger partial charge in [-0.05, 0) is 17.7 Å². The predicted molar refractivity (Wildman–Crippen MR) is 106 cm³/mol. The van der Waals surface area contributed by atoms with Gasteiger partial charge in [0.1, 0.15) is 6.61 Å². The minimum absolute atomic E-state index is 0.0792. The maximum atomic E-state index is 12.3. The van der Waals surface area contributed by atoms with E-state index in [4.69, 9.17) is 16.3 Å². The third-order valence-corrected chi connectivity index (χ3v) is 5.67. The Morgan fingerprint density at radius 2 is 1.86 bits per heavy atom. The summed E-state index contributed by atoms with van der Waals surface area (Å²) < 4.78 is 5.10. The Morgan fingerprint density at radius 1 is 1.21 bits per heavy atom. The molecule has 0 saturated carbocycles. The molecule has 0 aliphatic carbocycles. The number of carbonyl (C=O) groups excluding carboxylic acids is 3. The summed E-state index contributed by atoms with van der Waals surface area (Å²) in [5, 5.41) is 9.87. The van der Waals surface area contributed by atoms with Crippen LogP contribution < -0.4 is 0 Å². The molecule has 1 saturated heterocycles. The van der Waals surface area contributed by atoms with Gasteiger partial charge in [0.15, 0.2) is 0 Å². The normalized spacial score (nSPS) is 16.7. The number of nitro groups is 1. The van der Waals surface area contributed by atoms with Crippen LogP contribution in [0.15, 0.2) is 54.6 Å². The first-order valence-corrected chi connectivity index (χ1v) is 9.79. The van der Waals surface area contributed by atoms with Crippen LogP contribution in [0.1, 0.15) is 22.3 Å². The molecule has 150 valence electrons. The largest absolute Gasteiger partial charge is 0.458 e. The summed E-state index contributed by atoms with van der Waals surface area (Å²) in [6.45, 7) is -0.150. The Bertz CT molecular complexity index is 937. The maximum absolute atomic E-state index is 12.3. The van der Waals surface area contributed by atoms with E-state index < -0.39 is 21.8 Å². The van der Waals surface area contributed by atoms with E-state index in [2.05, 4.69) is 0 Å². The third kappa shape index (κ3) is 4.93. The zero-order valence-corrected chi connectivity index (χ0v) is 16.5. The number of ether oxygens (including phenoxy) is 1. The molecule has 1 fully saturated rings. The van der Waals surface area contributed by atoms with Crippen molar-refractivity contribution in [2.75, 3.05) is 0 Å². The van der Waals surface area contributed by atoms with E-state index in [9.17, 15) is 24.5 Å². The van der Waals surface area contributed by atoms with Gasteiger partial charge in [0, 0.05) is 17.7 Å². The van der Waals surface area contributed by atoms with Crippen molar-refractivity contribution in [3.63, 3.8) is 0 Å². The number of halogens is 1. The highest BCUT2D eigenvalue weighted by molar-refractivity contribution is 8.14. The number of non-ortho nitro benzene ring substituents is 1. The Hall–Kier alpha value is -2.91. The van der Waals surface area contributed by atoms with Crippen molar-refractivity contribution in [2.45, 2.75) is 23.9 Å². The summed E-state index contributed by atoms with van der Waals surface area (Å²) in [5.74, 6) is -1.19. The van der Waals surface area contributed by atoms with E-state index in [-0.39, 0.29) is 29.7 Å². The van der Waals surface area contributed by atoms with E-state index in [1.807, 2.05) is 0 Å². The highest BCUT2D eigenvalue weighted by atomic mass is 35.5. The van der Waals surface area contributed by atoms with Crippen molar-refractivity contribution in [1.29, 1.82) is 0 Å². The van der Waals surface area contributed by atoms with E-state index in [0.717, 1.165) is 16.7 Å².